The highest BCUT2D eigenvalue weighted by Crippen LogP contribution is 2.27. The fourth-order valence-electron chi connectivity index (χ4n) is 4.02. The van der Waals surface area contributed by atoms with Crippen LogP contribution in [0.4, 0.5) is 17.6 Å². The van der Waals surface area contributed by atoms with Crippen LogP contribution in [0.1, 0.15) is 18.1 Å². The Balaban J connectivity index is 1.38. The lowest BCUT2D eigenvalue weighted by Crippen LogP contribution is -2.21. The fraction of sp³-hybridized carbons (Fsp3) is 0.192. The van der Waals surface area contributed by atoms with Crippen LogP contribution < -0.4 is 16.0 Å². The molecule has 0 aliphatic rings. The van der Waals surface area contributed by atoms with E-state index < -0.39 is 0 Å². The summed E-state index contributed by atoms with van der Waals surface area (Å²) < 4.78 is 1.74. The molecule has 176 valence electrons. The van der Waals surface area contributed by atoms with Crippen LogP contribution >= 0.6 is 0 Å². The quantitative estimate of drug-likeness (QED) is 0.356. The third-order valence-electron chi connectivity index (χ3n) is 5.78. The maximum atomic E-state index is 5.78. The SMILES string of the molecule is CC(Cc1cccc(CN)c1)Nc1nccc(N(C)c2cc(-c3ccccc3)n3ncnc3n2)n1. The Morgan fingerprint density at radius 1 is 0.943 bits per heavy atom. The molecule has 1 unspecified atom stereocenters. The zero-order chi connectivity index (χ0) is 24.2. The summed E-state index contributed by atoms with van der Waals surface area (Å²) in [5, 5.41) is 7.75. The van der Waals surface area contributed by atoms with Gasteiger partial charge in [0.25, 0.3) is 5.78 Å². The van der Waals surface area contributed by atoms with Crippen molar-refractivity contribution in [2.75, 3.05) is 17.3 Å². The molecule has 5 aromatic rings. The Bertz CT molecular complexity index is 1430. The van der Waals surface area contributed by atoms with Gasteiger partial charge in [-0.1, -0.05) is 54.6 Å². The first kappa shape index (κ1) is 22.4. The van der Waals surface area contributed by atoms with E-state index in [1.165, 1.54) is 11.9 Å². The minimum Gasteiger partial charge on any atom is -0.351 e. The van der Waals surface area contributed by atoms with Crippen molar-refractivity contribution in [2.45, 2.75) is 25.9 Å². The van der Waals surface area contributed by atoms with Crippen LogP contribution in [-0.4, -0.2) is 42.6 Å². The van der Waals surface area contributed by atoms with Crippen molar-refractivity contribution in [2.24, 2.45) is 5.73 Å². The van der Waals surface area contributed by atoms with E-state index in [1.807, 2.05) is 66.5 Å². The molecule has 0 spiro atoms. The van der Waals surface area contributed by atoms with Gasteiger partial charge in [0.15, 0.2) is 0 Å². The zero-order valence-electron chi connectivity index (χ0n) is 19.7. The Morgan fingerprint density at radius 2 is 1.77 bits per heavy atom. The van der Waals surface area contributed by atoms with Gasteiger partial charge >= 0.3 is 0 Å². The van der Waals surface area contributed by atoms with Crippen molar-refractivity contribution in [3.63, 3.8) is 0 Å². The topological polar surface area (TPSA) is 110 Å². The van der Waals surface area contributed by atoms with Gasteiger partial charge in [-0.3, -0.25) is 0 Å². The van der Waals surface area contributed by atoms with E-state index in [2.05, 4.69) is 44.4 Å². The number of nitrogens with two attached hydrogens (primary N) is 1. The second kappa shape index (κ2) is 9.86. The lowest BCUT2D eigenvalue weighted by Gasteiger charge is -2.20. The summed E-state index contributed by atoms with van der Waals surface area (Å²) in [6.45, 7) is 2.65. The molecule has 3 heterocycles. The highest BCUT2D eigenvalue weighted by atomic mass is 15.3. The van der Waals surface area contributed by atoms with Crippen LogP contribution in [0.15, 0.2) is 79.3 Å². The van der Waals surface area contributed by atoms with E-state index in [9.17, 15) is 0 Å². The predicted octanol–water partition coefficient (Wildman–Crippen LogP) is 3.85. The lowest BCUT2D eigenvalue weighted by atomic mass is 10.0. The van der Waals surface area contributed by atoms with Gasteiger partial charge in [-0.05, 0) is 30.5 Å². The van der Waals surface area contributed by atoms with Crippen molar-refractivity contribution < 1.29 is 0 Å². The Morgan fingerprint density at radius 3 is 2.60 bits per heavy atom. The second-order valence-electron chi connectivity index (χ2n) is 8.41. The third-order valence-corrected chi connectivity index (χ3v) is 5.78. The van der Waals surface area contributed by atoms with Crippen LogP contribution in [0, 0.1) is 0 Å². The highest BCUT2D eigenvalue weighted by molar-refractivity contribution is 5.68. The largest absolute Gasteiger partial charge is 0.351 e. The number of nitrogens with zero attached hydrogens (tertiary/aromatic N) is 7. The fourth-order valence-corrected chi connectivity index (χ4v) is 4.02. The molecule has 3 N–H and O–H groups in total. The normalized spacial score (nSPS) is 12.0. The maximum Gasteiger partial charge on any atom is 0.254 e. The molecular formula is C26H27N9. The summed E-state index contributed by atoms with van der Waals surface area (Å²) in [7, 11) is 1.93. The minimum absolute atomic E-state index is 0.138. The molecule has 35 heavy (non-hydrogen) atoms. The van der Waals surface area contributed by atoms with Crippen LogP contribution in [0.25, 0.3) is 17.0 Å². The van der Waals surface area contributed by atoms with E-state index >= 15 is 0 Å². The number of anilines is 3. The molecule has 0 bridgehead atoms. The number of benzene rings is 2. The van der Waals surface area contributed by atoms with Crippen molar-refractivity contribution in [1.82, 2.24) is 29.5 Å². The summed E-state index contributed by atoms with van der Waals surface area (Å²) in [5.41, 5.74) is 10.1. The van der Waals surface area contributed by atoms with Gasteiger partial charge in [-0.25, -0.2) is 4.98 Å². The molecule has 9 heteroatoms. The average molecular weight is 466 g/mol. The van der Waals surface area contributed by atoms with Gasteiger partial charge in [-0.2, -0.15) is 24.6 Å². The molecule has 0 saturated heterocycles. The Labute approximate surface area is 203 Å². The molecule has 0 fully saturated rings. The average Bonchev–Trinajstić information content (AvgIpc) is 3.37. The zero-order valence-corrected chi connectivity index (χ0v) is 19.7. The summed E-state index contributed by atoms with van der Waals surface area (Å²) in [6, 6.07) is 22.4. The Hall–Kier alpha value is -4.37. The standard InChI is InChI=1S/C26H27N9/c1-18(13-19-7-6-8-20(14-19)16-27)31-25-28-12-11-23(32-25)34(2)24-15-22(21-9-4-3-5-10-21)35-26(33-24)29-17-30-35/h3-12,14-15,17-18H,13,16,27H2,1-2H3,(H,28,31,32). The van der Waals surface area contributed by atoms with Crippen molar-refractivity contribution in [3.05, 3.63) is 90.4 Å². The summed E-state index contributed by atoms with van der Waals surface area (Å²) >= 11 is 0. The van der Waals surface area contributed by atoms with Crippen molar-refractivity contribution in [3.8, 4) is 11.3 Å². The smallest absolute Gasteiger partial charge is 0.254 e. The van der Waals surface area contributed by atoms with E-state index in [0.717, 1.165) is 29.1 Å². The first-order valence-corrected chi connectivity index (χ1v) is 11.5. The van der Waals surface area contributed by atoms with Crippen LogP contribution in [0.5, 0.6) is 0 Å². The summed E-state index contributed by atoms with van der Waals surface area (Å²) in [4.78, 5) is 20.1. The van der Waals surface area contributed by atoms with Crippen molar-refractivity contribution in [1.29, 1.82) is 0 Å². The highest BCUT2D eigenvalue weighted by Gasteiger charge is 2.15. The number of aromatic nitrogens is 6. The summed E-state index contributed by atoms with van der Waals surface area (Å²) in [6.07, 6.45) is 4.09. The number of fused-ring (bicyclic) bond motifs is 1. The first-order valence-electron chi connectivity index (χ1n) is 11.5. The van der Waals surface area contributed by atoms with Gasteiger partial charge in [0.1, 0.15) is 18.0 Å². The molecule has 0 aliphatic heterocycles. The van der Waals surface area contributed by atoms with E-state index in [4.69, 9.17) is 10.7 Å². The molecule has 0 radical (unpaired) electrons. The Kier molecular flexibility index (Phi) is 6.32. The first-order chi connectivity index (χ1) is 17.1. The third kappa shape index (κ3) is 4.95. The van der Waals surface area contributed by atoms with Crippen LogP contribution in [0.2, 0.25) is 0 Å². The van der Waals surface area contributed by atoms with Gasteiger partial charge in [0.2, 0.25) is 5.95 Å². The van der Waals surface area contributed by atoms with Crippen LogP contribution in [0.3, 0.4) is 0 Å². The number of hydrogen-bond acceptors (Lipinski definition) is 8. The predicted molar refractivity (Wildman–Crippen MR) is 137 cm³/mol. The van der Waals surface area contributed by atoms with Gasteiger partial charge in [0.05, 0.1) is 5.69 Å². The van der Waals surface area contributed by atoms with E-state index in [0.29, 0.717) is 24.1 Å². The summed E-state index contributed by atoms with van der Waals surface area (Å²) in [5.74, 6) is 2.51. The van der Waals surface area contributed by atoms with Crippen molar-refractivity contribution >= 4 is 23.4 Å². The number of rotatable bonds is 8. The molecule has 9 nitrogen and oxygen atoms in total. The molecule has 0 amide bonds. The molecule has 2 aromatic carbocycles. The van der Waals surface area contributed by atoms with Crippen LogP contribution in [-0.2, 0) is 13.0 Å². The van der Waals surface area contributed by atoms with E-state index in [1.54, 1.807) is 10.7 Å². The maximum absolute atomic E-state index is 5.78. The van der Waals surface area contributed by atoms with Gasteiger partial charge < -0.3 is 16.0 Å². The molecule has 5 rings (SSSR count). The number of nitrogens with one attached hydrogen (secondary N) is 1. The second-order valence-corrected chi connectivity index (χ2v) is 8.41. The molecular weight excluding hydrogens is 438 g/mol. The number of hydrogen-bond donors (Lipinski definition) is 2. The van der Waals surface area contributed by atoms with Gasteiger partial charge in [0, 0.05) is 37.5 Å². The van der Waals surface area contributed by atoms with Gasteiger partial charge in [-0.15, -0.1) is 0 Å². The monoisotopic (exact) mass is 465 g/mol. The minimum atomic E-state index is 0.138. The van der Waals surface area contributed by atoms with E-state index in [-0.39, 0.29) is 6.04 Å². The lowest BCUT2D eigenvalue weighted by molar-refractivity contribution is 0.775. The molecule has 0 saturated carbocycles. The molecule has 0 aliphatic carbocycles. The molecule has 3 aromatic heterocycles. The molecule has 1 atom stereocenters.